The molecule has 0 atom stereocenters. The average molecular weight is 407 g/mol. The molecule has 2 N–H and O–H groups in total. The van der Waals surface area contributed by atoms with Crippen LogP contribution in [0.2, 0.25) is 0 Å². The van der Waals surface area contributed by atoms with Crippen LogP contribution in [0.3, 0.4) is 0 Å². The Morgan fingerprint density at radius 3 is 2.63 bits per heavy atom. The number of nitrogens with zero attached hydrogens (tertiary/aromatic N) is 4. The van der Waals surface area contributed by atoms with Crippen molar-refractivity contribution in [1.29, 1.82) is 5.26 Å². The number of aromatic nitrogens is 1. The van der Waals surface area contributed by atoms with Crippen LogP contribution in [0.4, 0.5) is 10.1 Å². The fourth-order valence-corrected chi connectivity index (χ4v) is 2.91. The topological polar surface area (TPSA) is 120 Å². The Morgan fingerprint density at radius 1 is 1.17 bits per heavy atom. The molecule has 0 radical (unpaired) electrons. The lowest BCUT2D eigenvalue weighted by molar-refractivity contribution is -0.117. The van der Waals surface area contributed by atoms with Gasteiger partial charge in [-0.15, -0.1) is 10.2 Å². The van der Waals surface area contributed by atoms with E-state index in [9.17, 15) is 19.1 Å². The summed E-state index contributed by atoms with van der Waals surface area (Å²) in [6, 6.07) is 14.1. The number of rotatable bonds is 7. The molecule has 0 saturated heterocycles. The van der Waals surface area contributed by atoms with Crippen LogP contribution in [-0.4, -0.2) is 28.0 Å². The smallest absolute Gasteiger partial charge is 0.283 e. The normalized spacial score (nSPS) is 10.9. The number of hydrogen-bond donors (Lipinski definition) is 2. The first-order valence-corrected chi connectivity index (χ1v) is 9.16. The zero-order valence-corrected chi connectivity index (χ0v) is 15.9. The maximum atomic E-state index is 12.9. The van der Waals surface area contributed by atoms with Crippen molar-refractivity contribution >= 4 is 28.4 Å². The van der Waals surface area contributed by atoms with Crippen LogP contribution >= 0.6 is 0 Å². The molecule has 0 saturated carbocycles. The van der Waals surface area contributed by atoms with Crippen LogP contribution in [0.15, 0.2) is 58.8 Å². The molecule has 2 amide bonds. The van der Waals surface area contributed by atoms with Gasteiger partial charge in [-0.2, -0.15) is 5.26 Å². The van der Waals surface area contributed by atoms with E-state index in [4.69, 9.17) is 5.26 Å². The van der Waals surface area contributed by atoms with Crippen molar-refractivity contribution in [2.24, 2.45) is 10.2 Å². The number of carbonyl (C=O) groups is 2. The van der Waals surface area contributed by atoms with E-state index in [1.165, 1.54) is 12.1 Å². The number of para-hydroxylation sites is 1. The summed E-state index contributed by atoms with van der Waals surface area (Å²) in [6.07, 6.45) is 0.892. The molecule has 9 heteroatoms. The minimum atomic E-state index is -0.717. The lowest BCUT2D eigenvalue weighted by Crippen LogP contribution is -2.28. The van der Waals surface area contributed by atoms with Crippen molar-refractivity contribution in [2.45, 2.75) is 19.4 Å². The first kappa shape index (κ1) is 20.7. The summed E-state index contributed by atoms with van der Waals surface area (Å²) in [5.41, 5.74) is 1.05. The quantitative estimate of drug-likeness (QED) is 0.457. The molecule has 0 aliphatic heterocycles. The SMILES string of the molecule is N#CCCCn1c(O)c(N=NC(=O)CNC(=O)c2ccc(F)cc2)c2ccccc21. The molecule has 152 valence electrons. The summed E-state index contributed by atoms with van der Waals surface area (Å²) >= 11 is 0. The summed E-state index contributed by atoms with van der Waals surface area (Å²) in [4.78, 5) is 24.0. The second-order valence-electron chi connectivity index (χ2n) is 6.39. The molecular formula is C21H18FN5O3. The fourth-order valence-electron chi connectivity index (χ4n) is 2.91. The first-order valence-electron chi connectivity index (χ1n) is 9.16. The molecule has 0 unspecified atom stereocenters. The predicted octanol–water partition coefficient (Wildman–Crippen LogP) is 3.83. The monoisotopic (exact) mass is 407 g/mol. The molecule has 1 heterocycles. The number of nitrogens with one attached hydrogen (secondary N) is 1. The third-order valence-electron chi connectivity index (χ3n) is 4.36. The number of fused-ring (bicyclic) bond motifs is 1. The molecule has 30 heavy (non-hydrogen) atoms. The highest BCUT2D eigenvalue weighted by atomic mass is 19.1. The minimum absolute atomic E-state index is 0.140. The molecule has 0 fully saturated rings. The third kappa shape index (κ3) is 4.67. The van der Waals surface area contributed by atoms with Crippen molar-refractivity contribution in [3.05, 3.63) is 59.9 Å². The van der Waals surface area contributed by atoms with Gasteiger partial charge in [0.25, 0.3) is 11.8 Å². The lowest BCUT2D eigenvalue weighted by Gasteiger charge is -2.04. The largest absolute Gasteiger partial charge is 0.493 e. The highest BCUT2D eigenvalue weighted by Crippen LogP contribution is 2.38. The lowest BCUT2D eigenvalue weighted by atomic mass is 10.2. The van der Waals surface area contributed by atoms with E-state index in [0.29, 0.717) is 30.3 Å². The Hall–Kier alpha value is -4.06. The van der Waals surface area contributed by atoms with Gasteiger partial charge in [-0.05, 0) is 36.8 Å². The number of carbonyl (C=O) groups excluding carboxylic acids is 2. The van der Waals surface area contributed by atoms with Crippen LogP contribution in [0, 0.1) is 17.1 Å². The Bertz CT molecular complexity index is 1150. The molecular weight excluding hydrogens is 389 g/mol. The molecule has 0 bridgehead atoms. The predicted molar refractivity (Wildman–Crippen MR) is 107 cm³/mol. The highest BCUT2D eigenvalue weighted by molar-refractivity contribution is 5.97. The van der Waals surface area contributed by atoms with E-state index in [0.717, 1.165) is 12.1 Å². The number of halogens is 1. The van der Waals surface area contributed by atoms with E-state index in [2.05, 4.69) is 21.6 Å². The Balaban J connectivity index is 1.71. The average Bonchev–Trinajstić information content (AvgIpc) is 3.02. The standard InChI is InChI=1S/C21H18FN5O3/c22-15-9-7-14(8-10-15)20(29)24-13-18(28)25-26-19-16-5-1-2-6-17(16)27(21(19)30)12-4-3-11-23/h1-2,5-10,30H,3-4,12-13H2,(H,24,29). The fraction of sp³-hybridized carbons (Fsp3) is 0.190. The number of benzene rings is 2. The van der Waals surface area contributed by atoms with Gasteiger partial charge in [0.1, 0.15) is 12.4 Å². The van der Waals surface area contributed by atoms with E-state index in [1.54, 1.807) is 28.8 Å². The molecule has 0 aliphatic rings. The first-order chi connectivity index (χ1) is 14.5. The van der Waals surface area contributed by atoms with Crippen molar-refractivity contribution in [1.82, 2.24) is 9.88 Å². The van der Waals surface area contributed by atoms with Crippen LogP contribution in [0.1, 0.15) is 23.2 Å². The summed E-state index contributed by atoms with van der Waals surface area (Å²) in [5.74, 6) is -1.88. The Kier molecular flexibility index (Phi) is 6.49. The number of unbranched alkanes of at least 4 members (excludes halogenated alkanes) is 1. The van der Waals surface area contributed by atoms with Crippen LogP contribution in [-0.2, 0) is 11.3 Å². The second-order valence-corrected chi connectivity index (χ2v) is 6.39. The summed E-state index contributed by atoms with van der Waals surface area (Å²) in [5, 5.41) is 29.7. The van der Waals surface area contributed by atoms with E-state index in [-0.39, 0.29) is 17.1 Å². The van der Waals surface area contributed by atoms with E-state index < -0.39 is 24.2 Å². The van der Waals surface area contributed by atoms with Gasteiger partial charge in [-0.3, -0.25) is 9.59 Å². The van der Waals surface area contributed by atoms with Gasteiger partial charge in [0, 0.05) is 23.9 Å². The van der Waals surface area contributed by atoms with Crippen molar-refractivity contribution in [3.63, 3.8) is 0 Å². The number of aromatic hydroxyl groups is 1. The van der Waals surface area contributed by atoms with Gasteiger partial charge >= 0.3 is 0 Å². The van der Waals surface area contributed by atoms with Crippen LogP contribution in [0.5, 0.6) is 5.88 Å². The zero-order valence-electron chi connectivity index (χ0n) is 15.9. The molecule has 3 aromatic rings. The molecule has 1 aromatic heterocycles. The van der Waals surface area contributed by atoms with Crippen molar-refractivity contribution in [3.8, 4) is 11.9 Å². The maximum absolute atomic E-state index is 12.9. The number of nitriles is 1. The van der Waals surface area contributed by atoms with Gasteiger partial charge in [0.05, 0.1) is 11.6 Å². The van der Waals surface area contributed by atoms with Crippen molar-refractivity contribution in [2.75, 3.05) is 6.54 Å². The van der Waals surface area contributed by atoms with Gasteiger partial charge in [0.2, 0.25) is 5.88 Å². The molecule has 2 aromatic carbocycles. The zero-order chi connectivity index (χ0) is 21.5. The molecule has 0 aliphatic carbocycles. The Labute approximate surface area is 171 Å². The summed E-state index contributed by atoms with van der Waals surface area (Å²) < 4.78 is 14.5. The van der Waals surface area contributed by atoms with Gasteiger partial charge in [-0.1, -0.05) is 18.2 Å². The maximum Gasteiger partial charge on any atom is 0.283 e. The second kappa shape index (κ2) is 9.43. The highest BCUT2D eigenvalue weighted by Gasteiger charge is 2.16. The molecule has 8 nitrogen and oxygen atoms in total. The van der Waals surface area contributed by atoms with E-state index >= 15 is 0 Å². The molecule has 0 spiro atoms. The van der Waals surface area contributed by atoms with Crippen molar-refractivity contribution < 1.29 is 19.1 Å². The van der Waals surface area contributed by atoms with Gasteiger partial charge < -0.3 is 15.0 Å². The summed E-state index contributed by atoms with van der Waals surface area (Å²) in [7, 11) is 0. The third-order valence-corrected chi connectivity index (χ3v) is 4.36. The van der Waals surface area contributed by atoms with Gasteiger partial charge in [-0.25, -0.2) is 4.39 Å². The Morgan fingerprint density at radius 2 is 1.90 bits per heavy atom. The van der Waals surface area contributed by atoms with Crippen LogP contribution in [0.25, 0.3) is 10.9 Å². The number of amides is 2. The minimum Gasteiger partial charge on any atom is -0.493 e. The van der Waals surface area contributed by atoms with Crippen LogP contribution < -0.4 is 5.32 Å². The van der Waals surface area contributed by atoms with E-state index in [1.807, 2.05) is 0 Å². The van der Waals surface area contributed by atoms with Gasteiger partial charge in [0.15, 0.2) is 5.69 Å². The number of aryl methyl sites for hydroxylation is 1. The number of hydrogen-bond acceptors (Lipinski definition) is 5. The number of azo groups is 1. The molecule has 3 rings (SSSR count). The summed E-state index contributed by atoms with van der Waals surface area (Å²) in [6.45, 7) is 0.0123.